The third-order valence-corrected chi connectivity index (χ3v) is 4.49. The van der Waals surface area contributed by atoms with Gasteiger partial charge in [0.05, 0.1) is 23.8 Å². The third kappa shape index (κ3) is 2.56. The molecule has 1 heterocycles. The molecule has 1 N–H and O–H groups in total. The second-order valence-corrected chi connectivity index (χ2v) is 6.35. The van der Waals surface area contributed by atoms with Gasteiger partial charge in [0.1, 0.15) is 0 Å². The van der Waals surface area contributed by atoms with Gasteiger partial charge in [0.15, 0.2) is 16.3 Å². The van der Waals surface area contributed by atoms with Gasteiger partial charge in [0, 0.05) is 20.7 Å². The van der Waals surface area contributed by atoms with Crippen LogP contribution in [0.2, 0.25) is 5.02 Å². The van der Waals surface area contributed by atoms with E-state index in [9.17, 15) is 4.39 Å². The molecule has 0 bridgehead atoms. The molecule has 0 amide bonds. The Morgan fingerprint density at radius 3 is 2.76 bits per heavy atom. The summed E-state index contributed by atoms with van der Waals surface area (Å²) in [7, 11) is 1.43. The van der Waals surface area contributed by atoms with E-state index in [4.69, 9.17) is 28.6 Å². The summed E-state index contributed by atoms with van der Waals surface area (Å²) in [6.45, 7) is 0. The number of H-pyrrole nitrogens is 1. The zero-order valence-electron chi connectivity index (χ0n) is 10.8. The second-order valence-electron chi connectivity index (χ2n) is 4.37. The van der Waals surface area contributed by atoms with Crippen molar-refractivity contribution >= 4 is 57.4 Å². The Hall–Kier alpha value is -1.12. The van der Waals surface area contributed by atoms with E-state index < -0.39 is 5.82 Å². The van der Waals surface area contributed by atoms with Crippen LogP contribution in [0.4, 0.5) is 4.39 Å². The maximum absolute atomic E-state index is 13.8. The average Bonchev–Trinajstić information content (AvgIpc) is 2.73. The van der Waals surface area contributed by atoms with Gasteiger partial charge in [-0.2, -0.15) is 0 Å². The summed E-state index contributed by atoms with van der Waals surface area (Å²) >= 11 is 13.5. The van der Waals surface area contributed by atoms with Gasteiger partial charge in [-0.05, 0) is 53.0 Å². The first kappa shape index (κ1) is 14.8. The highest BCUT2D eigenvalue weighted by Gasteiger charge is 2.13. The van der Waals surface area contributed by atoms with Crippen molar-refractivity contribution in [3.05, 3.63) is 49.5 Å². The van der Waals surface area contributed by atoms with Crippen LogP contribution in [0.1, 0.15) is 0 Å². The van der Waals surface area contributed by atoms with Crippen molar-refractivity contribution < 1.29 is 9.13 Å². The number of rotatable bonds is 2. The van der Waals surface area contributed by atoms with E-state index in [-0.39, 0.29) is 5.75 Å². The fourth-order valence-corrected chi connectivity index (χ4v) is 3.59. The van der Waals surface area contributed by atoms with E-state index in [2.05, 4.69) is 27.6 Å². The topological polar surface area (TPSA) is 29.9 Å². The van der Waals surface area contributed by atoms with Crippen molar-refractivity contribution in [2.24, 2.45) is 0 Å². The van der Waals surface area contributed by atoms with E-state index >= 15 is 0 Å². The largest absolute Gasteiger partial charge is 0.494 e. The molecule has 0 radical (unpaired) electrons. The van der Waals surface area contributed by atoms with Gasteiger partial charge in [-0.3, -0.25) is 4.57 Å². The Bertz CT molecular complexity index is 906. The number of fused-ring (bicyclic) bond motifs is 1. The predicted octanol–water partition coefficient (Wildman–Crippen LogP) is 5.09. The minimum Gasteiger partial charge on any atom is -0.494 e. The SMILES string of the molecule is COc1cc2c(cc1F)[nH]c(=S)n2-c1ccc(Cl)cc1I. The van der Waals surface area contributed by atoms with Gasteiger partial charge in [0.25, 0.3) is 0 Å². The molecule has 0 atom stereocenters. The highest BCUT2D eigenvalue weighted by molar-refractivity contribution is 14.1. The summed E-state index contributed by atoms with van der Waals surface area (Å²) in [5, 5.41) is 0.651. The highest BCUT2D eigenvalue weighted by atomic mass is 127. The number of benzene rings is 2. The molecular formula is C14H9ClFIN2OS. The summed E-state index contributed by atoms with van der Waals surface area (Å²) < 4.78 is 22.1. The van der Waals surface area contributed by atoms with Crippen LogP contribution in [0, 0.1) is 14.2 Å². The fraction of sp³-hybridized carbons (Fsp3) is 0.0714. The Morgan fingerprint density at radius 1 is 1.33 bits per heavy atom. The first-order valence-corrected chi connectivity index (χ1v) is 7.81. The molecule has 0 aliphatic carbocycles. The molecule has 0 saturated carbocycles. The lowest BCUT2D eigenvalue weighted by Gasteiger charge is -2.09. The molecule has 3 aromatic rings. The molecule has 0 saturated heterocycles. The Balaban J connectivity index is 2.36. The van der Waals surface area contributed by atoms with Crippen LogP contribution in [-0.4, -0.2) is 16.7 Å². The standard InChI is InChI=1S/C14H9ClFIN2OS/c1-20-13-6-12-10(5-8(13)16)18-14(21)19(12)11-3-2-7(15)4-9(11)17/h2-6H,1H3,(H,18,21). The molecule has 0 unspecified atom stereocenters. The average molecular weight is 435 g/mol. The number of halogens is 3. The number of hydrogen-bond donors (Lipinski definition) is 1. The van der Waals surface area contributed by atoms with Crippen molar-refractivity contribution in [2.45, 2.75) is 0 Å². The van der Waals surface area contributed by atoms with Crippen LogP contribution in [-0.2, 0) is 0 Å². The zero-order valence-corrected chi connectivity index (χ0v) is 14.5. The molecule has 3 nitrogen and oxygen atoms in total. The summed E-state index contributed by atoms with van der Waals surface area (Å²) in [6.07, 6.45) is 0. The van der Waals surface area contributed by atoms with Crippen LogP contribution in [0.3, 0.4) is 0 Å². The van der Waals surface area contributed by atoms with Crippen molar-refractivity contribution in [1.82, 2.24) is 9.55 Å². The molecular weight excluding hydrogens is 426 g/mol. The predicted molar refractivity (Wildman–Crippen MR) is 92.7 cm³/mol. The van der Waals surface area contributed by atoms with Crippen molar-refractivity contribution in [1.29, 1.82) is 0 Å². The number of nitrogens with zero attached hydrogens (tertiary/aromatic N) is 1. The molecule has 3 rings (SSSR count). The lowest BCUT2D eigenvalue weighted by atomic mass is 10.2. The zero-order chi connectivity index (χ0) is 15.1. The molecule has 108 valence electrons. The Kier molecular flexibility index (Phi) is 3.94. The summed E-state index contributed by atoms with van der Waals surface area (Å²) in [5.74, 6) is -0.256. The molecule has 0 aliphatic heterocycles. The van der Waals surface area contributed by atoms with E-state index in [0.717, 1.165) is 14.8 Å². The van der Waals surface area contributed by atoms with Crippen LogP contribution in [0.5, 0.6) is 5.75 Å². The lowest BCUT2D eigenvalue weighted by Crippen LogP contribution is -1.97. The van der Waals surface area contributed by atoms with Crippen molar-refractivity contribution in [2.75, 3.05) is 7.11 Å². The molecule has 1 aromatic heterocycles. The van der Waals surface area contributed by atoms with E-state index in [1.54, 1.807) is 12.1 Å². The maximum Gasteiger partial charge on any atom is 0.182 e. The fourth-order valence-electron chi connectivity index (χ4n) is 2.17. The Labute approximate surface area is 143 Å². The summed E-state index contributed by atoms with van der Waals surface area (Å²) in [4.78, 5) is 3.01. The first-order chi connectivity index (χ1) is 10.0. The molecule has 21 heavy (non-hydrogen) atoms. The van der Waals surface area contributed by atoms with Gasteiger partial charge < -0.3 is 9.72 Å². The van der Waals surface area contributed by atoms with Gasteiger partial charge in [-0.15, -0.1) is 0 Å². The Morgan fingerprint density at radius 2 is 2.10 bits per heavy atom. The van der Waals surface area contributed by atoms with Crippen LogP contribution in [0.25, 0.3) is 16.7 Å². The maximum atomic E-state index is 13.8. The van der Waals surface area contributed by atoms with Crippen LogP contribution >= 0.6 is 46.4 Å². The molecule has 0 aliphatic rings. The quantitative estimate of drug-likeness (QED) is 0.450. The number of ether oxygens (including phenoxy) is 1. The summed E-state index contributed by atoms with van der Waals surface area (Å²) in [6, 6.07) is 8.52. The number of imidazole rings is 1. The number of nitrogens with one attached hydrogen (secondary N) is 1. The van der Waals surface area contributed by atoms with E-state index in [1.165, 1.54) is 13.2 Å². The van der Waals surface area contributed by atoms with Crippen LogP contribution in [0.15, 0.2) is 30.3 Å². The van der Waals surface area contributed by atoms with E-state index in [0.29, 0.717) is 15.3 Å². The number of hydrogen-bond acceptors (Lipinski definition) is 2. The van der Waals surface area contributed by atoms with Crippen LogP contribution < -0.4 is 4.74 Å². The first-order valence-electron chi connectivity index (χ1n) is 5.95. The second kappa shape index (κ2) is 5.58. The third-order valence-electron chi connectivity index (χ3n) is 3.11. The van der Waals surface area contributed by atoms with E-state index in [1.807, 2.05) is 16.7 Å². The van der Waals surface area contributed by atoms with Crippen molar-refractivity contribution in [3.63, 3.8) is 0 Å². The smallest absolute Gasteiger partial charge is 0.182 e. The number of aromatic amines is 1. The monoisotopic (exact) mass is 434 g/mol. The molecule has 7 heteroatoms. The molecule has 2 aromatic carbocycles. The molecule has 0 fully saturated rings. The minimum absolute atomic E-state index is 0.175. The lowest BCUT2D eigenvalue weighted by molar-refractivity contribution is 0.387. The van der Waals surface area contributed by atoms with Crippen molar-refractivity contribution in [3.8, 4) is 11.4 Å². The van der Waals surface area contributed by atoms with Gasteiger partial charge >= 0.3 is 0 Å². The highest BCUT2D eigenvalue weighted by Crippen LogP contribution is 2.29. The number of methoxy groups -OCH3 is 1. The summed E-state index contributed by atoms with van der Waals surface area (Å²) in [5.41, 5.74) is 2.24. The van der Waals surface area contributed by atoms with Gasteiger partial charge in [0.2, 0.25) is 0 Å². The minimum atomic E-state index is -0.431. The molecule has 0 spiro atoms. The normalized spacial score (nSPS) is 11.0. The number of aromatic nitrogens is 2. The van der Waals surface area contributed by atoms with Gasteiger partial charge in [-0.1, -0.05) is 11.6 Å². The van der Waals surface area contributed by atoms with Gasteiger partial charge in [-0.25, -0.2) is 4.39 Å².